The standard InChI is InChI=1S/C18H23FN2O2/c1-2-16-10-20-18(23-16)13-21(12-17-7-4-8-22-17)11-14-5-3-6-15(19)9-14/h3,5-6,9-10,17H,2,4,7-8,11-13H2,1H3. The summed E-state index contributed by atoms with van der Waals surface area (Å²) < 4.78 is 24.9. The van der Waals surface area contributed by atoms with Gasteiger partial charge in [0, 0.05) is 26.1 Å². The fourth-order valence-corrected chi connectivity index (χ4v) is 2.93. The van der Waals surface area contributed by atoms with Crippen LogP contribution in [-0.4, -0.2) is 29.1 Å². The van der Waals surface area contributed by atoms with E-state index < -0.39 is 0 Å². The van der Waals surface area contributed by atoms with Gasteiger partial charge in [-0.1, -0.05) is 19.1 Å². The van der Waals surface area contributed by atoms with Gasteiger partial charge in [-0.15, -0.1) is 0 Å². The molecule has 1 saturated heterocycles. The summed E-state index contributed by atoms with van der Waals surface area (Å²) in [5.74, 6) is 1.39. The summed E-state index contributed by atoms with van der Waals surface area (Å²) >= 11 is 0. The van der Waals surface area contributed by atoms with Gasteiger partial charge in [-0.05, 0) is 30.5 Å². The Balaban J connectivity index is 1.69. The molecule has 1 aromatic carbocycles. The van der Waals surface area contributed by atoms with Crippen LogP contribution in [0.3, 0.4) is 0 Å². The topological polar surface area (TPSA) is 38.5 Å². The Kier molecular flexibility index (Phi) is 5.41. The average Bonchev–Trinajstić information content (AvgIpc) is 3.19. The third-order valence-corrected chi connectivity index (χ3v) is 4.09. The molecule has 1 aliphatic heterocycles. The largest absolute Gasteiger partial charge is 0.444 e. The molecule has 0 saturated carbocycles. The number of hydrogen-bond donors (Lipinski definition) is 0. The molecular formula is C18H23FN2O2. The Bertz CT molecular complexity index is 623. The van der Waals surface area contributed by atoms with Gasteiger partial charge in [-0.3, -0.25) is 4.90 Å². The molecule has 0 aliphatic carbocycles. The number of halogens is 1. The molecule has 0 bridgehead atoms. The third kappa shape index (κ3) is 4.62. The van der Waals surface area contributed by atoms with E-state index in [0.717, 1.165) is 43.7 Å². The predicted molar refractivity (Wildman–Crippen MR) is 85.4 cm³/mol. The van der Waals surface area contributed by atoms with Crippen molar-refractivity contribution in [3.05, 3.63) is 53.5 Å². The minimum absolute atomic E-state index is 0.205. The summed E-state index contributed by atoms with van der Waals surface area (Å²) in [5.41, 5.74) is 0.949. The Morgan fingerprint density at radius 3 is 2.96 bits per heavy atom. The van der Waals surface area contributed by atoms with Crippen LogP contribution in [0.2, 0.25) is 0 Å². The molecule has 1 aliphatic rings. The van der Waals surface area contributed by atoms with Crippen molar-refractivity contribution < 1.29 is 13.5 Å². The van der Waals surface area contributed by atoms with Crippen LogP contribution >= 0.6 is 0 Å². The van der Waals surface area contributed by atoms with Gasteiger partial charge in [-0.2, -0.15) is 0 Å². The van der Waals surface area contributed by atoms with Crippen LogP contribution in [0.5, 0.6) is 0 Å². The summed E-state index contributed by atoms with van der Waals surface area (Å²) in [7, 11) is 0. The van der Waals surface area contributed by atoms with Crippen molar-refractivity contribution in [2.75, 3.05) is 13.2 Å². The molecule has 0 N–H and O–H groups in total. The van der Waals surface area contributed by atoms with Crippen LogP contribution in [0.25, 0.3) is 0 Å². The molecule has 1 atom stereocenters. The van der Waals surface area contributed by atoms with Gasteiger partial charge >= 0.3 is 0 Å². The zero-order valence-corrected chi connectivity index (χ0v) is 13.5. The quantitative estimate of drug-likeness (QED) is 0.782. The molecule has 124 valence electrons. The molecule has 23 heavy (non-hydrogen) atoms. The van der Waals surface area contributed by atoms with Gasteiger partial charge in [0.25, 0.3) is 0 Å². The highest BCUT2D eigenvalue weighted by Crippen LogP contribution is 2.18. The van der Waals surface area contributed by atoms with E-state index in [9.17, 15) is 4.39 Å². The summed E-state index contributed by atoms with van der Waals surface area (Å²) in [5, 5.41) is 0. The number of rotatable bonds is 7. The lowest BCUT2D eigenvalue weighted by Crippen LogP contribution is -2.31. The minimum atomic E-state index is -0.205. The minimum Gasteiger partial charge on any atom is -0.444 e. The number of aryl methyl sites for hydroxylation is 1. The summed E-state index contributed by atoms with van der Waals surface area (Å²) in [6.45, 7) is 4.94. The SMILES string of the molecule is CCc1cnc(CN(Cc2cccc(F)c2)CC2CCCO2)o1. The monoisotopic (exact) mass is 318 g/mol. The van der Waals surface area contributed by atoms with Gasteiger partial charge in [0.05, 0.1) is 18.8 Å². The smallest absolute Gasteiger partial charge is 0.208 e. The molecule has 5 heteroatoms. The molecule has 0 radical (unpaired) electrons. The van der Waals surface area contributed by atoms with E-state index in [2.05, 4.69) is 9.88 Å². The summed E-state index contributed by atoms with van der Waals surface area (Å²) in [6, 6.07) is 6.74. The first kappa shape index (κ1) is 16.1. The molecule has 2 heterocycles. The highest BCUT2D eigenvalue weighted by molar-refractivity contribution is 5.16. The van der Waals surface area contributed by atoms with Gasteiger partial charge in [0.1, 0.15) is 11.6 Å². The van der Waals surface area contributed by atoms with Crippen molar-refractivity contribution >= 4 is 0 Å². The lowest BCUT2D eigenvalue weighted by molar-refractivity contribution is 0.0647. The molecule has 3 rings (SSSR count). The Labute approximate surface area is 136 Å². The van der Waals surface area contributed by atoms with Crippen molar-refractivity contribution in [2.24, 2.45) is 0 Å². The summed E-state index contributed by atoms with van der Waals surface area (Å²) in [6.07, 6.45) is 5.04. The molecule has 1 unspecified atom stereocenters. The van der Waals surface area contributed by atoms with E-state index in [1.54, 1.807) is 18.3 Å². The molecule has 2 aromatic rings. The number of hydrogen-bond acceptors (Lipinski definition) is 4. The molecule has 0 amide bonds. The van der Waals surface area contributed by atoms with E-state index in [4.69, 9.17) is 9.15 Å². The Hall–Kier alpha value is -1.72. The van der Waals surface area contributed by atoms with Crippen LogP contribution in [0.15, 0.2) is 34.9 Å². The lowest BCUT2D eigenvalue weighted by atomic mass is 10.2. The zero-order chi connectivity index (χ0) is 16.1. The Morgan fingerprint density at radius 1 is 1.35 bits per heavy atom. The van der Waals surface area contributed by atoms with Crippen LogP contribution in [0.1, 0.15) is 37.0 Å². The molecule has 4 nitrogen and oxygen atoms in total. The van der Waals surface area contributed by atoms with Crippen molar-refractivity contribution in [3.8, 4) is 0 Å². The maximum atomic E-state index is 13.4. The summed E-state index contributed by atoms with van der Waals surface area (Å²) in [4.78, 5) is 6.56. The van der Waals surface area contributed by atoms with Crippen molar-refractivity contribution in [2.45, 2.75) is 45.4 Å². The van der Waals surface area contributed by atoms with E-state index in [1.165, 1.54) is 6.07 Å². The van der Waals surface area contributed by atoms with Gasteiger partial charge in [0.2, 0.25) is 5.89 Å². The zero-order valence-electron chi connectivity index (χ0n) is 13.5. The number of ether oxygens (including phenoxy) is 1. The van der Waals surface area contributed by atoms with Crippen LogP contribution < -0.4 is 0 Å². The first-order chi connectivity index (χ1) is 11.2. The number of benzene rings is 1. The third-order valence-electron chi connectivity index (χ3n) is 4.09. The highest BCUT2D eigenvalue weighted by Gasteiger charge is 2.21. The first-order valence-corrected chi connectivity index (χ1v) is 8.25. The van der Waals surface area contributed by atoms with E-state index in [-0.39, 0.29) is 11.9 Å². The Morgan fingerprint density at radius 2 is 2.26 bits per heavy atom. The van der Waals surface area contributed by atoms with Crippen LogP contribution in [-0.2, 0) is 24.2 Å². The van der Waals surface area contributed by atoms with E-state index >= 15 is 0 Å². The number of nitrogens with zero attached hydrogens (tertiary/aromatic N) is 2. The van der Waals surface area contributed by atoms with E-state index in [0.29, 0.717) is 19.0 Å². The van der Waals surface area contributed by atoms with Crippen LogP contribution in [0.4, 0.5) is 4.39 Å². The normalized spacial score (nSPS) is 18.0. The van der Waals surface area contributed by atoms with Crippen LogP contribution in [0, 0.1) is 5.82 Å². The van der Waals surface area contributed by atoms with Crippen molar-refractivity contribution in [1.29, 1.82) is 0 Å². The second-order valence-electron chi connectivity index (χ2n) is 6.01. The van der Waals surface area contributed by atoms with Crippen molar-refractivity contribution in [3.63, 3.8) is 0 Å². The number of oxazole rings is 1. The molecule has 0 spiro atoms. The second kappa shape index (κ2) is 7.70. The van der Waals surface area contributed by atoms with Gasteiger partial charge in [-0.25, -0.2) is 9.37 Å². The predicted octanol–water partition coefficient (Wildman–Crippen LogP) is 3.56. The van der Waals surface area contributed by atoms with E-state index in [1.807, 2.05) is 13.0 Å². The number of aromatic nitrogens is 1. The maximum absolute atomic E-state index is 13.4. The van der Waals surface area contributed by atoms with Gasteiger partial charge < -0.3 is 9.15 Å². The molecule has 1 aromatic heterocycles. The fraction of sp³-hybridized carbons (Fsp3) is 0.500. The fourth-order valence-electron chi connectivity index (χ4n) is 2.93. The maximum Gasteiger partial charge on any atom is 0.208 e. The highest BCUT2D eigenvalue weighted by atomic mass is 19.1. The molecular weight excluding hydrogens is 295 g/mol. The van der Waals surface area contributed by atoms with Crippen molar-refractivity contribution in [1.82, 2.24) is 9.88 Å². The molecule has 1 fully saturated rings. The van der Waals surface area contributed by atoms with Gasteiger partial charge in [0.15, 0.2) is 0 Å². The lowest BCUT2D eigenvalue weighted by Gasteiger charge is -2.24. The average molecular weight is 318 g/mol. The first-order valence-electron chi connectivity index (χ1n) is 8.25. The second-order valence-corrected chi connectivity index (χ2v) is 6.01.